The summed E-state index contributed by atoms with van der Waals surface area (Å²) in [5.41, 5.74) is 7.35. The van der Waals surface area contributed by atoms with E-state index >= 15 is 0 Å². The predicted octanol–water partition coefficient (Wildman–Crippen LogP) is 2.49. The van der Waals surface area contributed by atoms with Crippen molar-refractivity contribution in [1.29, 1.82) is 0 Å². The Hall–Kier alpha value is -2.25. The van der Waals surface area contributed by atoms with Crippen molar-refractivity contribution in [3.8, 4) is 11.4 Å². The van der Waals surface area contributed by atoms with Crippen molar-refractivity contribution >= 4 is 11.6 Å². The van der Waals surface area contributed by atoms with Crippen LogP contribution in [0.1, 0.15) is 17.6 Å². The maximum absolute atomic E-state index is 13.0. The van der Waals surface area contributed by atoms with Gasteiger partial charge in [-0.1, -0.05) is 16.8 Å². The van der Waals surface area contributed by atoms with Gasteiger partial charge in [0.15, 0.2) is 0 Å². The number of nitrogens with one attached hydrogen (secondary N) is 1. The average molecular weight is 308 g/mol. The lowest BCUT2D eigenvalue weighted by molar-refractivity contribution is 0.354. The Morgan fingerprint density at radius 1 is 1.43 bits per heavy atom. The highest BCUT2D eigenvalue weighted by atomic mass is 35.5. The van der Waals surface area contributed by atoms with Crippen LogP contribution in [0.25, 0.3) is 11.4 Å². The summed E-state index contributed by atoms with van der Waals surface area (Å²) in [5.74, 6) is 0.124. The number of hydrogen-bond acceptors (Lipinski definition) is 5. The summed E-state index contributed by atoms with van der Waals surface area (Å²) in [6, 6.07) is 3.50. The third-order valence-corrected chi connectivity index (χ3v) is 3.24. The summed E-state index contributed by atoms with van der Waals surface area (Å²) < 4.78 is 18.2. The van der Waals surface area contributed by atoms with Crippen LogP contribution in [-0.4, -0.2) is 20.1 Å². The lowest BCUT2D eigenvalue weighted by atomic mass is 10.2. The molecule has 8 heteroatoms. The van der Waals surface area contributed by atoms with E-state index in [2.05, 4.69) is 20.1 Å². The van der Waals surface area contributed by atoms with Gasteiger partial charge < -0.3 is 15.2 Å². The van der Waals surface area contributed by atoms with E-state index in [0.717, 1.165) is 5.69 Å². The molecule has 2 heterocycles. The van der Waals surface area contributed by atoms with Gasteiger partial charge >= 0.3 is 0 Å². The molecule has 0 spiro atoms. The van der Waals surface area contributed by atoms with Crippen LogP contribution in [0, 0.1) is 5.82 Å². The minimum atomic E-state index is -0.467. The number of aromatic nitrogens is 4. The van der Waals surface area contributed by atoms with E-state index in [1.165, 1.54) is 18.2 Å². The lowest BCUT2D eigenvalue weighted by Crippen LogP contribution is -2.14. The standard InChI is InChI=1S/C13H11ClFN5O/c14-10-3-7(15)1-2-9(10)12-19-13(21-20-12)11(16)4-8-5-17-6-18-8/h1-3,5-6,11H,4,16H2,(H,17,18)/t11-/m1/s1. The summed E-state index contributed by atoms with van der Waals surface area (Å²) in [4.78, 5) is 11.1. The van der Waals surface area contributed by atoms with E-state index < -0.39 is 11.9 Å². The van der Waals surface area contributed by atoms with Gasteiger partial charge in [-0.15, -0.1) is 0 Å². The van der Waals surface area contributed by atoms with Crippen molar-refractivity contribution in [1.82, 2.24) is 20.1 Å². The predicted molar refractivity (Wildman–Crippen MR) is 73.9 cm³/mol. The molecule has 1 atom stereocenters. The monoisotopic (exact) mass is 307 g/mol. The molecule has 6 nitrogen and oxygen atoms in total. The van der Waals surface area contributed by atoms with Crippen LogP contribution >= 0.6 is 11.6 Å². The second kappa shape index (κ2) is 5.63. The molecular weight excluding hydrogens is 297 g/mol. The first-order chi connectivity index (χ1) is 10.1. The number of H-pyrrole nitrogens is 1. The number of benzene rings is 1. The van der Waals surface area contributed by atoms with E-state index in [0.29, 0.717) is 12.0 Å². The maximum Gasteiger partial charge on any atom is 0.244 e. The Kier molecular flexibility index (Phi) is 3.68. The third kappa shape index (κ3) is 2.93. The summed E-state index contributed by atoms with van der Waals surface area (Å²) in [7, 11) is 0. The second-order valence-electron chi connectivity index (χ2n) is 4.47. The molecule has 0 saturated carbocycles. The Bertz CT molecular complexity index is 743. The molecule has 108 valence electrons. The van der Waals surface area contributed by atoms with Gasteiger partial charge in [-0.25, -0.2) is 9.37 Å². The zero-order valence-corrected chi connectivity index (χ0v) is 11.5. The van der Waals surface area contributed by atoms with E-state index in [1.54, 1.807) is 12.5 Å². The Morgan fingerprint density at radius 3 is 3.00 bits per heavy atom. The number of hydrogen-bond donors (Lipinski definition) is 2. The first-order valence-electron chi connectivity index (χ1n) is 6.15. The number of halogens is 2. The molecule has 0 amide bonds. The SMILES string of the molecule is N[C@H](Cc1cnc[nH]1)c1nc(-c2ccc(F)cc2Cl)no1. The molecule has 0 bridgehead atoms. The molecule has 0 aliphatic rings. The van der Waals surface area contributed by atoms with Gasteiger partial charge in [-0.3, -0.25) is 0 Å². The van der Waals surface area contributed by atoms with Gasteiger partial charge in [0, 0.05) is 23.9 Å². The molecule has 3 rings (SSSR count). The normalized spacial score (nSPS) is 12.5. The molecule has 0 unspecified atom stereocenters. The summed E-state index contributed by atoms with van der Waals surface area (Å²) >= 11 is 5.96. The minimum Gasteiger partial charge on any atom is -0.348 e. The Balaban J connectivity index is 1.82. The largest absolute Gasteiger partial charge is 0.348 e. The number of aromatic amines is 1. The highest BCUT2D eigenvalue weighted by Gasteiger charge is 2.18. The smallest absolute Gasteiger partial charge is 0.244 e. The van der Waals surface area contributed by atoms with Crippen LogP contribution in [0.2, 0.25) is 5.02 Å². The van der Waals surface area contributed by atoms with Crippen LogP contribution in [0.4, 0.5) is 4.39 Å². The molecule has 21 heavy (non-hydrogen) atoms. The summed E-state index contributed by atoms with van der Waals surface area (Å²) in [6.07, 6.45) is 3.73. The lowest BCUT2D eigenvalue weighted by Gasteiger charge is -2.03. The highest BCUT2D eigenvalue weighted by Crippen LogP contribution is 2.27. The Labute approximate surface area is 124 Å². The first kappa shape index (κ1) is 13.7. The van der Waals surface area contributed by atoms with E-state index in [1.807, 2.05) is 0 Å². The van der Waals surface area contributed by atoms with Crippen molar-refractivity contribution < 1.29 is 8.91 Å². The summed E-state index contributed by atoms with van der Waals surface area (Å²) in [5, 5.41) is 4.04. The molecule has 2 aromatic heterocycles. The van der Waals surface area contributed by atoms with Crippen LogP contribution in [0.15, 0.2) is 35.2 Å². The number of nitrogens with two attached hydrogens (primary N) is 1. The molecule has 0 fully saturated rings. The maximum atomic E-state index is 13.0. The Morgan fingerprint density at radius 2 is 2.29 bits per heavy atom. The topological polar surface area (TPSA) is 93.6 Å². The zero-order valence-electron chi connectivity index (χ0n) is 10.8. The molecule has 3 N–H and O–H groups in total. The van der Waals surface area contributed by atoms with Crippen LogP contribution in [-0.2, 0) is 6.42 Å². The van der Waals surface area contributed by atoms with Gasteiger partial charge in [-0.05, 0) is 18.2 Å². The van der Waals surface area contributed by atoms with Crippen LogP contribution < -0.4 is 5.73 Å². The number of imidazole rings is 1. The van der Waals surface area contributed by atoms with Crippen molar-refractivity contribution in [2.75, 3.05) is 0 Å². The number of rotatable bonds is 4. The van der Waals surface area contributed by atoms with Crippen LogP contribution in [0.5, 0.6) is 0 Å². The summed E-state index contributed by atoms with van der Waals surface area (Å²) in [6.45, 7) is 0. The molecule has 0 aliphatic carbocycles. The van der Waals surface area contributed by atoms with Crippen molar-refractivity contribution in [2.24, 2.45) is 5.73 Å². The van der Waals surface area contributed by atoms with Gasteiger partial charge in [0.1, 0.15) is 5.82 Å². The third-order valence-electron chi connectivity index (χ3n) is 2.93. The van der Waals surface area contributed by atoms with E-state index in [-0.39, 0.29) is 16.7 Å². The van der Waals surface area contributed by atoms with Crippen molar-refractivity contribution in [3.63, 3.8) is 0 Å². The van der Waals surface area contributed by atoms with E-state index in [9.17, 15) is 4.39 Å². The minimum absolute atomic E-state index is 0.212. The first-order valence-corrected chi connectivity index (χ1v) is 6.53. The van der Waals surface area contributed by atoms with Gasteiger partial charge in [-0.2, -0.15) is 4.98 Å². The van der Waals surface area contributed by atoms with Gasteiger partial charge in [0.25, 0.3) is 0 Å². The number of nitrogens with zero attached hydrogens (tertiary/aromatic N) is 3. The average Bonchev–Trinajstić information content (AvgIpc) is 3.09. The molecule has 3 aromatic rings. The molecular formula is C13H11ClFN5O. The zero-order chi connectivity index (χ0) is 14.8. The molecule has 0 saturated heterocycles. The molecule has 0 radical (unpaired) electrons. The van der Waals surface area contributed by atoms with Crippen molar-refractivity contribution in [2.45, 2.75) is 12.5 Å². The van der Waals surface area contributed by atoms with Crippen molar-refractivity contribution in [3.05, 3.63) is 53.1 Å². The second-order valence-corrected chi connectivity index (χ2v) is 4.88. The fourth-order valence-electron chi connectivity index (χ4n) is 1.89. The quantitative estimate of drug-likeness (QED) is 0.772. The van der Waals surface area contributed by atoms with E-state index in [4.69, 9.17) is 21.9 Å². The highest BCUT2D eigenvalue weighted by molar-refractivity contribution is 6.33. The van der Waals surface area contributed by atoms with Gasteiger partial charge in [0.2, 0.25) is 11.7 Å². The van der Waals surface area contributed by atoms with Gasteiger partial charge in [0.05, 0.1) is 17.4 Å². The fourth-order valence-corrected chi connectivity index (χ4v) is 2.14. The molecule has 0 aliphatic heterocycles. The van der Waals surface area contributed by atoms with Crippen LogP contribution in [0.3, 0.4) is 0 Å². The fraction of sp³-hybridized carbons (Fsp3) is 0.154. The molecule has 1 aromatic carbocycles.